The standard InChI is InChI=1S/C31H44F3N5O8Si/c1-19(26(40)41)10-9-11-22(38-29(44)47-30(2,3)4)25-36-24(17-39(25)18-46-14-15-48(6,7)8)21-13-12-20(35-28(43)45-5)16-23(21)37-27(42)31(32,33)34/h10,12-13,16-17,22H,9,11,14-15,18H2,1-8H3,(H,35,43)(H,37,42)(H,38,44)(H,40,41)/t22-/m0/s1. The van der Waals surface area contributed by atoms with Crippen LogP contribution < -0.4 is 16.0 Å². The second-order valence-electron chi connectivity index (χ2n) is 13.1. The Hall–Kier alpha value is -4.38. The van der Waals surface area contributed by atoms with Gasteiger partial charge in [-0.25, -0.2) is 19.4 Å². The fourth-order valence-corrected chi connectivity index (χ4v) is 4.82. The molecule has 0 aliphatic heterocycles. The molecule has 2 rings (SSSR count). The summed E-state index contributed by atoms with van der Waals surface area (Å²) in [6.07, 6.45) is -3.53. The summed E-state index contributed by atoms with van der Waals surface area (Å²) in [5, 5.41) is 16.2. The van der Waals surface area contributed by atoms with Crippen LogP contribution in [0.15, 0.2) is 36.0 Å². The number of rotatable bonds is 14. The van der Waals surface area contributed by atoms with Crippen LogP contribution >= 0.6 is 0 Å². The predicted molar refractivity (Wildman–Crippen MR) is 175 cm³/mol. The second kappa shape index (κ2) is 16.6. The normalized spacial score (nSPS) is 13.0. The third-order valence-electron chi connectivity index (χ3n) is 6.51. The van der Waals surface area contributed by atoms with E-state index in [0.29, 0.717) is 6.61 Å². The predicted octanol–water partition coefficient (Wildman–Crippen LogP) is 6.92. The molecule has 0 bridgehead atoms. The number of imidazole rings is 1. The van der Waals surface area contributed by atoms with Crippen LogP contribution in [0.3, 0.4) is 0 Å². The molecule has 0 radical (unpaired) electrons. The highest BCUT2D eigenvalue weighted by atomic mass is 28.3. The minimum Gasteiger partial charge on any atom is -0.478 e. The molecule has 0 fully saturated rings. The molecule has 1 aromatic carbocycles. The molecule has 0 saturated heterocycles. The van der Waals surface area contributed by atoms with Crippen LogP contribution in [-0.2, 0) is 30.5 Å². The number of ether oxygens (including phenoxy) is 3. The van der Waals surface area contributed by atoms with Gasteiger partial charge in [-0.15, -0.1) is 0 Å². The maximum absolute atomic E-state index is 13.3. The molecule has 48 heavy (non-hydrogen) atoms. The van der Waals surface area contributed by atoms with Crippen molar-refractivity contribution in [3.05, 3.63) is 41.9 Å². The lowest BCUT2D eigenvalue weighted by Gasteiger charge is -2.24. The Morgan fingerprint density at radius 3 is 2.31 bits per heavy atom. The van der Waals surface area contributed by atoms with Crippen LogP contribution in [0.1, 0.15) is 52.4 Å². The zero-order valence-corrected chi connectivity index (χ0v) is 29.3. The van der Waals surface area contributed by atoms with E-state index in [9.17, 15) is 37.5 Å². The number of benzene rings is 1. The Morgan fingerprint density at radius 1 is 1.08 bits per heavy atom. The van der Waals surface area contributed by atoms with E-state index in [0.717, 1.165) is 19.2 Å². The number of allylic oxidation sites excluding steroid dienone is 1. The number of halogens is 3. The Balaban J connectivity index is 2.69. The van der Waals surface area contributed by atoms with Gasteiger partial charge >= 0.3 is 30.2 Å². The molecule has 0 aliphatic rings. The monoisotopic (exact) mass is 699 g/mol. The SMILES string of the molecule is COC(=O)Nc1ccc(-c2cn(COCC[Si](C)(C)C)c([C@H](CCC=C(C)C(=O)O)NC(=O)OC(C)(C)C)n2)c(NC(=O)C(F)(F)F)c1. The highest BCUT2D eigenvalue weighted by Gasteiger charge is 2.39. The van der Waals surface area contributed by atoms with Gasteiger partial charge in [-0.3, -0.25) is 10.1 Å². The molecule has 4 N–H and O–H groups in total. The molecule has 0 aliphatic carbocycles. The first-order valence-electron chi connectivity index (χ1n) is 15.0. The molecule has 0 unspecified atom stereocenters. The number of alkyl halides is 3. The summed E-state index contributed by atoms with van der Waals surface area (Å²) in [5.74, 6) is -3.13. The number of anilines is 2. The van der Waals surface area contributed by atoms with Gasteiger partial charge in [-0.05, 0) is 64.8 Å². The largest absolute Gasteiger partial charge is 0.478 e. The smallest absolute Gasteiger partial charge is 0.471 e. The van der Waals surface area contributed by atoms with Gasteiger partial charge in [0, 0.05) is 37.7 Å². The first-order valence-corrected chi connectivity index (χ1v) is 18.7. The molecule has 0 saturated carbocycles. The molecule has 2 aromatic rings. The van der Waals surface area contributed by atoms with E-state index in [2.05, 4.69) is 40.0 Å². The summed E-state index contributed by atoms with van der Waals surface area (Å²) < 4.78 is 57.4. The lowest BCUT2D eigenvalue weighted by molar-refractivity contribution is -0.167. The van der Waals surface area contributed by atoms with Gasteiger partial charge in [0.1, 0.15) is 18.2 Å². The van der Waals surface area contributed by atoms with Crippen molar-refractivity contribution in [2.45, 2.75) is 90.8 Å². The number of methoxy groups -OCH3 is 1. The quantitative estimate of drug-likeness (QED) is 0.0929. The van der Waals surface area contributed by atoms with Crippen molar-refractivity contribution in [3.63, 3.8) is 0 Å². The molecular formula is C31H44F3N5O8Si. The number of aromatic nitrogens is 2. The van der Waals surface area contributed by atoms with E-state index in [1.807, 2.05) is 5.32 Å². The van der Waals surface area contributed by atoms with Crippen LogP contribution in [-0.4, -0.2) is 72.3 Å². The van der Waals surface area contributed by atoms with Crippen molar-refractivity contribution in [1.82, 2.24) is 14.9 Å². The van der Waals surface area contributed by atoms with Gasteiger partial charge in [0.15, 0.2) is 0 Å². The number of alkyl carbamates (subject to hydrolysis) is 1. The third-order valence-corrected chi connectivity index (χ3v) is 8.22. The average Bonchev–Trinajstić information content (AvgIpc) is 3.36. The van der Waals surface area contributed by atoms with Crippen molar-refractivity contribution < 1.29 is 51.7 Å². The number of nitrogens with one attached hydrogen (secondary N) is 3. The minimum absolute atomic E-state index is 0.0301. The minimum atomic E-state index is -5.22. The lowest BCUT2D eigenvalue weighted by Crippen LogP contribution is -2.36. The molecule has 266 valence electrons. The summed E-state index contributed by atoms with van der Waals surface area (Å²) in [6, 6.07) is 3.82. The van der Waals surface area contributed by atoms with Crippen molar-refractivity contribution in [1.29, 1.82) is 0 Å². The summed E-state index contributed by atoms with van der Waals surface area (Å²) >= 11 is 0. The maximum Gasteiger partial charge on any atom is 0.471 e. The topological polar surface area (TPSA) is 170 Å². The second-order valence-corrected chi connectivity index (χ2v) is 18.7. The van der Waals surface area contributed by atoms with Crippen LogP contribution in [0.2, 0.25) is 25.7 Å². The molecule has 3 amide bonds. The lowest BCUT2D eigenvalue weighted by atomic mass is 10.1. The Labute approximate surface area is 278 Å². The van der Waals surface area contributed by atoms with E-state index in [-0.39, 0.29) is 53.6 Å². The molecule has 1 atom stereocenters. The van der Waals surface area contributed by atoms with Crippen molar-refractivity contribution in [2.24, 2.45) is 0 Å². The number of aliphatic carboxylic acids is 1. The van der Waals surface area contributed by atoms with Gasteiger partial charge in [-0.1, -0.05) is 25.7 Å². The van der Waals surface area contributed by atoms with Gasteiger partial charge < -0.3 is 34.5 Å². The fraction of sp³-hybridized carbons (Fsp3) is 0.516. The van der Waals surface area contributed by atoms with Crippen molar-refractivity contribution >= 4 is 43.5 Å². The summed E-state index contributed by atoms with van der Waals surface area (Å²) in [7, 11) is -0.361. The van der Waals surface area contributed by atoms with Gasteiger partial charge in [0.2, 0.25) is 0 Å². The Bertz CT molecular complexity index is 1500. The molecule has 1 heterocycles. The summed E-state index contributed by atoms with van der Waals surface area (Å²) in [6.45, 7) is 13.4. The first-order chi connectivity index (χ1) is 22.1. The van der Waals surface area contributed by atoms with E-state index in [1.54, 1.807) is 25.3 Å². The van der Waals surface area contributed by atoms with Crippen LogP contribution in [0, 0.1) is 0 Å². The molecule has 17 heteroatoms. The van der Waals surface area contributed by atoms with Crippen LogP contribution in [0.5, 0.6) is 0 Å². The number of carbonyl (C=O) groups is 4. The number of amides is 3. The summed E-state index contributed by atoms with van der Waals surface area (Å²) in [4.78, 5) is 52.7. The highest BCUT2D eigenvalue weighted by Crippen LogP contribution is 2.33. The third kappa shape index (κ3) is 13.4. The number of carboxylic acid groups (broad SMARTS) is 1. The number of hydrogen-bond acceptors (Lipinski definition) is 8. The average molecular weight is 700 g/mol. The summed E-state index contributed by atoms with van der Waals surface area (Å²) in [5.41, 5.74) is -0.880. The van der Waals surface area contributed by atoms with E-state index in [1.165, 1.54) is 31.3 Å². The van der Waals surface area contributed by atoms with E-state index in [4.69, 9.17) is 9.47 Å². The number of carboxylic acids is 1. The van der Waals surface area contributed by atoms with Crippen LogP contribution in [0.4, 0.5) is 34.1 Å². The fourth-order valence-electron chi connectivity index (χ4n) is 4.06. The molecular weight excluding hydrogens is 655 g/mol. The maximum atomic E-state index is 13.3. The van der Waals surface area contributed by atoms with Gasteiger partial charge in [0.25, 0.3) is 0 Å². The highest BCUT2D eigenvalue weighted by molar-refractivity contribution is 6.76. The van der Waals surface area contributed by atoms with Gasteiger partial charge in [0.05, 0.1) is 24.5 Å². The van der Waals surface area contributed by atoms with Crippen molar-refractivity contribution in [3.8, 4) is 11.3 Å². The van der Waals surface area contributed by atoms with E-state index >= 15 is 0 Å². The Kier molecular flexibility index (Phi) is 13.8. The Morgan fingerprint density at radius 2 is 1.75 bits per heavy atom. The van der Waals surface area contributed by atoms with Gasteiger partial charge in [-0.2, -0.15) is 13.2 Å². The zero-order chi connectivity index (χ0) is 36.4. The molecule has 0 spiro atoms. The first kappa shape index (κ1) is 39.8. The van der Waals surface area contributed by atoms with Crippen LogP contribution in [0.25, 0.3) is 11.3 Å². The zero-order valence-electron chi connectivity index (χ0n) is 28.3. The van der Waals surface area contributed by atoms with Crippen molar-refractivity contribution in [2.75, 3.05) is 24.4 Å². The number of nitrogens with zero attached hydrogens (tertiary/aromatic N) is 2. The number of carbonyl (C=O) groups excluding carboxylic acids is 3. The molecule has 1 aromatic heterocycles. The molecule has 13 nitrogen and oxygen atoms in total. The van der Waals surface area contributed by atoms with E-state index < -0.39 is 50.0 Å². The number of hydrogen-bond donors (Lipinski definition) is 4.